The fourth-order valence-corrected chi connectivity index (χ4v) is 4.33. The molecule has 1 aliphatic rings. The number of aromatic nitrogens is 4. The van der Waals surface area contributed by atoms with Crippen LogP contribution in [0.4, 0.5) is 5.82 Å². The van der Waals surface area contributed by atoms with E-state index >= 15 is 0 Å². The molecule has 0 saturated carbocycles. The number of para-hydroxylation sites is 1. The number of aliphatic hydroxyl groups excluding tert-OH is 1. The molecule has 4 heterocycles. The van der Waals surface area contributed by atoms with Crippen molar-refractivity contribution in [2.45, 2.75) is 31.9 Å². The molecule has 3 N–H and O–H groups in total. The van der Waals surface area contributed by atoms with Crippen molar-refractivity contribution in [3.63, 3.8) is 0 Å². The number of piperidine rings is 1. The van der Waals surface area contributed by atoms with Gasteiger partial charge < -0.3 is 20.2 Å². The van der Waals surface area contributed by atoms with Crippen LogP contribution in [-0.4, -0.2) is 49.9 Å². The fraction of sp³-hybridized carbons (Fsp3) is 0.333. The first-order chi connectivity index (χ1) is 15.9. The molecule has 0 amide bonds. The molecule has 168 valence electrons. The molecule has 9 heteroatoms. The molecule has 0 aliphatic carbocycles. The minimum atomic E-state index is -0.740. The summed E-state index contributed by atoms with van der Waals surface area (Å²) in [7, 11) is 2.12. The molecule has 9 nitrogen and oxygen atoms in total. The Labute approximate surface area is 191 Å². The Morgan fingerprint density at radius 2 is 2.06 bits per heavy atom. The third-order valence-electron chi connectivity index (χ3n) is 6.22. The molecule has 5 rings (SSSR count). The van der Waals surface area contributed by atoms with Gasteiger partial charge in [0.25, 0.3) is 0 Å². The lowest BCUT2D eigenvalue weighted by atomic mass is 10.0. The Balaban J connectivity index is 1.58. The quantitative estimate of drug-likeness (QED) is 0.490. The van der Waals surface area contributed by atoms with Crippen molar-refractivity contribution in [2.75, 3.05) is 25.9 Å². The molecule has 1 aliphatic heterocycles. The molecule has 33 heavy (non-hydrogen) atoms. The Morgan fingerprint density at radius 3 is 2.79 bits per heavy atom. The van der Waals surface area contributed by atoms with Crippen molar-refractivity contribution in [1.29, 1.82) is 5.26 Å². The SMILES string of the molecule is CC(O)c1nn(C2CCN(C)CC2)cc1-c1cnc(N)c(-c2nc3c(C#N)cccc3o2)c1. The Hall–Kier alpha value is -3.74. The number of nitriles is 1. The van der Waals surface area contributed by atoms with Crippen molar-refractivity contribution in [3.05, 3.63) is 47.9 Å². The van der Waals surface area contributed by atoms with Crippen LogP contribution in [0, 0.1) is 11.3 Å². The highest BCUT2D eigenvalue weighted by Gasteiger charge is 2.24. The van der Waals surface area contributed by atoms with Crippen LogP contribution >= 0.6 is 0 Å². The first kappa shape index (κ1) is 21.1. The summed E-state index contributed by atoms with van der Waals surface area (Å²) >= 11 is 0. The summed E-state index contributed by atoms with van der Waals surface area (Å²) in [5.41, 5.74) is 10.3. The molecule has 1 aromatic carbocycles. The zero-order valence-electron chi connectivity index (χ0n) is 18.6. The van der Waals surface area contributed by atoms with Gasteiger partial charge in [0, 0.05) is 23.5 Å². The number of nitrogens with zero attached hydrogens (tertiary/aromatic N) is 6. The minimum absolute atomic E-state index is 0.269. The summed E-state index contributed by atoms with van der Waals surface area (Å²) in [5.74, 6) is 0.561. The molecule has 1 atom stereocenters. The lowest BCUT2D eigenvalue weighted by Gasteiger charge is -2.29. The predicted molar refractivity (Wildman–Crippen MR) is 124 cm³/mol. The summed E-state index contributed by atoms with van der Waals surface area (Å²) in [5, 5.41) is 24.5. The van der Waals surface area contributed by atoms with Gasteiger partial charge >= 0.3 is 0 Å². The van der Waals surface area contributed by atoms with E-state index in [1.54, 1.807) is 31.3 Å². The average Bonchev–Trinajstić information content (AvgIpc) is 3.45. The van der Waals surface area contributed by atoms with Crippen molar-refractivity contribution in [3.8, 4) is 28.7 Å². The van der Waals surface area contributed by atoms with E-state index in [9.17, 15) is 10.4 Å². The number of hydrogen-bond donors (Lipinski definition) is 2. The van der Waals surface area contributed by atoms with E-state index < -0.39 is 6.10 Å². The van der Waals surface area contributed by atoms with Crippen molar-refractivity contribution in [1.82, 2.24) is 24.6 Å². The van der Waals surface area contributed by atoms with Crippen LogP contribution in [0.25, 0.3) is 33.7 Å². The third kappa shape index (κ3) is 3.84. The number of rotatable bonds is 4. The highest BCUT2D eigenvalue weighted by molar-refractivity contribution is 5.84. The number of benzene rings is 1. The molecular formula is C24H25N7O2. The topological polar surface area (TPSA) is 130 Å². The Bertz CT molecular complexity index is 1360. The second kappa shape index (κ2) is 8.31. The van der Waals surface area contributed by atoms with Gasteiger partial charge in [-0.05, 0) is 58.1 Å². The van der Waals surface area contributed by atoms with E-state index in [2.05, 4.69) is 28.0 Å². The van der Waals surface area contributed by atoms with Crippen LogP contribution in [0.2, 0.25) is 0 Å². The number of nitrogens with two attached hydrogens (primary N) is 1. The third-order valence-corrected chi connectivity index (χ3v) is 6.22. The van der Waals surface area contributed by atoms with E-state index in [0.717, 1.165) is 37.1 Å². The van der Waals surface area contributed by atoms with Gasteiger partial charge in [-0.25, -0.2) is 9.97 Å². The average molecular weight is 444 g/mol. The number of nitrogen functional groups attached to an aromatic ring is 1. The maximum absolute atomic E-state index is 10.4. The monoisotopic (exact) mass is 443 g/mol. The zero-order chi connectivity index (χ0) is 23.1. The van der Waals surface area contributed by atoms with E-state index in [4.69, 9.17) is 15.2 Å². The maximum atomic E-state index is 10.4. The predicted octanol–water partition coefficient (Wildman–Crippen LogP) is 3.53. The van der Waals surface area contributed by atoms with Gasteiger partial charge in [0.05, 0.1) is 29.0 Å². The van der Waals surface area contributed by atoms with Crippen LogP contribution in [-0.2, 0) is 0 Å². The standard InChI is InChI=1S/C24H25N7O2/c1-14(32)21-19(13-31(29-21)17-6-8-30(2)9-7-17)16-10-18(23(26)27-12-16)24-28-22-15(11-25)4-3-5-20(22)33-24/h3-5,10,12-14,17,32H,6-9H2,1-2H3,(H2,26,27). The van der Waals surface area contributed by atoms with Gasteiger partial charge in [-0.2, -0.15) is 10.4 Å². The van der Waals surface area contributed by atoms with Gasteiger partial charge in [-0.1, -0.05) is 6.07 Å². The molecular weight excluding hydrogens is 418 g/mol. The van der Waals surface area contributed by atoms with E-state index in [0.29, 0.717) is 33.8 Å². The van der Waals surface area contributed by atoms with E-state index in [1.165, 1.54) is 0 Å². The fourth-order valence-electron chi connectivity index (χ4n) is 4.33. The first-order valence-electron chi connectivity index (χ1n) is 11.0. The lowest BCUT2D eigenvalue weighted by Crippen LogP contribution is -2.31. The number of fused-ring (bicyclic) bond motifs is 1. The molecule has 4 aromatic rings. The van der Waals surface area contributed by atoms with Gasteiger partial charge in [-0.3, -0.25) is 4.68 Å². The van der Waals surface area contributed by atoms with Gasteiger partial charge in [0.1, 0.15) is 17.4 Å². The smallest absolute Gasteiger partial charge is 0.231 e. The number of aliphatic hydroxyl groups is 1. The second-order valence-electron chi connectivity index (χ2n) is 8.56. The molecule has 0 bridgehead atoms. The van der Waals surface area contributed by atoms with Crippen LogP contribution in [0.5, 0.6) is 0 Å². The summed E-state index contributed by atoms with van der Waals surface area (Å²) in [6.07, 6.45) is 4.92. The molecule has 0 radical (unpaired) electrons. The van der Waals surface area contributed by atoms with E-state index in [1.807, 2.05) is 16.9 Å². The molecule has 3 aromatic heterocycles. The maximum Gasteiger partial charge on any atom is 0.231 e. The second-order valence-corrected chi connectivity index (χ2v) is 8.56. The van der Waals surface area contributed by atoms with E-state index in [-0.39, 0.29) is 11.9 Å². The van der Waals surface area contributed by atoms with Gasteiger partial charge in [-0.15, -0.1) is 0 Å². The van der Waals surface area contributed by atoms with Crippen LogP contribution in [0.1, 0.15) is 43.2 Å². The summed E-state index contributed by atoms with van der Waals surface area (Å²) < 4.78 is 7.87. The van der Waals surface area contributed by atoms with Gasteiger partial charge in [0.15, 0.2) is 5.58 Å². The number of likely N-dealkylation sites (tertiary alicyclic amines) is 1. The van der Waals surface area contributed by atoms with Crippen molar-refractivity contribution < 1.29 is 9.52 Å². The molecule has 1 unspecified atom stereocenters. The largest absolute Gasteiger partial charge is 0.436 e. The normalized spacial score (nSPS) is 16.2. The van der Waals surface area contributed by atoms with Crippen LogP contribution in [0.3, 0.4) is 0 Å². The lowest BCUT2D eigenvalue weighted by molar-refractivity contribution is 0.187. The summed E-state index contributed by atoms with van der Waals surface area (Å²) in [4.78, 5) is 11.2. The van der Waals surface area contributed by atoms with Gasteiger partial charge in [0.2, 0.25) is 5.89 Å². The Kier molecular flexibility index (Phi) is 5.32. The summed E-state index contributed by atoms with van der Waals surface area (Å²) in [6.45, 7) is 3.74. The van der Waals surface area contributed by atoms with Crippen LogP contribution < -0.4 is 5.73 Å². The minimum Gasteiger partial charge on any atom is -0.436 e. The number of hydrogen-bond acceptors (Lipinski definition) is 8. The zero-order valence-corrected chi connectivity index (χ0v) is 18.6. The van der Waals surface area contributed by atoms with Crippen molar-refractivity contribution >= 4 is 16.9 Å². The highest BCUT2D eigenvalue weighted by Crippen LogP contribution is 2.35. The number of oxazole rings is 1. The van der Waals surface area contributed by atoms with Crippen LogP contribution in [0.15, 0.2) is 41.1 Å². The van der Waals surface area contributed by atoms with Crippen molar-refractivity contribution in [2.24, 2.45) is 0 Å². The molecule has 0 spiro atoms. The molecule has 1 saturated heterocycles. The first-order valence-corrected chi connectivity index (χ1v) is 11.0. The number of anilines is 1. The number of pyridine rings is 1. The highest BCUT2D eigenvalue weighted by atomic mass is 16.3. The molecule has 1 fully saturated rings. The summed E-state index contributed by atoms with van der Waals surface area (Å²) in [6, 6.07) is 9.47. The Morgan fingerprint density at radius 1 is 1.27 bits per heavy atom.